The van der Waals surface area contributed by atoms with Gasteiger partial charge in [0.25, 0.3) is 5.91 Å². The Balaban J connectivity index is 1.75. The van der Waals surface area contributed by atoms with Crippen LogP contribution in [0.4, 0.5) is 10.5 Å². The Kier molecular flexibility index (Phi) is 7.17. The van der Waals surface area contributed by atoms with Gasteiger partial charge in [-0.2, -0.15) is 0 Å². The molecular formula is C18H19N3O5. The lowest BCUT2D eigenvalue weighted by Gasteiger charge is -2.08. The van der Waals surface area contributed by atoms with E-state index < -0.39 is 11.9 Å². The molecule has 0 saturated heterocycles. The van der Waals surface area contributed by atoms with Crippen LogP contribution in [-0.4, -0.2) is 24.3 Å². The zero-order valence-electron chi connectivity index (χ0n) is 14.1. The number of benzene rings is 2. The van der Waals surface area contributed by atoms with Crippen LogP contribution in [0.15, 0.2) is 54.6 Å². The predicted molar refractivity (Wildman–Crippen MR) is 95.3 cm³/mol. The molecule has 2 aromatic rings. The van der Waals surface area contributed by atoms with Gasteiger partial charge in [0.2, 0.25) is 0 Å². The number of carbonyl (C=O) groups excluding carboxylic acids is 2. The average Bonchev–Trinajstić information content (AvgIpc) is 2.67. The smallest absolute Gasteiger partial charge is 0.343 e. The summed E-state index contributed by atoms with van der Waals surface area (Å²) in [5, 5.41) is 11.0. The van der Waals surface area contributed by atoms with Gasteiger partial charge in [0.15, 0.2) is 0 Å². The maximum atomic E-state index is 11.7. The second-order valence-corrected chi connectivity index (χ2v) is 5.12. The van der Waals surface area contributed by atoms with Gasteiger partial charge in [-0.1, -0.05) is 24.3 Å². The Hall–Kier alpha value is -3.36. The third kappa shape index (κ3) is 6.27. The number of hydrogen-bond donors (Lipinski definition) is 4. The summed E-state index contributed by atoms with van der Waals surface area (Å²) in [7, 11) is 1.57. The number of rotatable bonds is 7. The molecule has 8 nitrogen and oxygen atoms in total. The van der Waals surface area contributed by atoms with E-state index in [0.717, 1.165) is 11.1 Å². The number of hydrogen-bond acceptors (Lipinski definition) is 5. The highest BCUT2D eigenvalue weighted by atomic mass is 16.7. The largest absolute Gasteiger partial charge is 0.497 e. The molecule has 0 aliphatic heterocycles. The first kappa shape index (κ1) is 19.0. The molecule has 4 N–H and O–H groups in total. The Morgan fingerprint density at radius 2 is 1.77 bits per heavy atom. The van der Waals surface area contributed by atoms with Crippen LogP contribution in [0.3, 0.4) is 0 Å². The molecule has 0 heterocycles. The van der Waals surface area contributed by atoms with Crippen molar-refractivity contribution in [1.29, 1.82) is 0 Å². The molecule has 26 heavy (non-hydrogen) atoms. The summed E-state index contributed by atoms with van der Waals surface area (Å²) >= 11 is 0. The SMILES string of the molecule is COc1ccc(NC(=O)NOCc2ccc(/C=C/C(=O)NO)cc2)cc1. The first-order chi connectivity index (χ1) is 12.6. The zero-order valence-corrected chi connectivity index (χ0v) is 14.1. The third-order valence-corrected chi connectivity index (χ3v) is 3.27. The molecule has 136 valence electrons. The lowest BCUT2D eigenvalue weighted by atomic mass is 10.1. The minimum absolute atomic E-state index is 0.178. The third-order valence-electron chi connectivity index (χ3n) is 3.27. The first-order valence-corrected chi connectivity index (χ1v) is 7.64. The van der Waals surface area contributed by atoms with Gasteiger partial charge < -0.3 is 10.1 Å². The van der Waals surface area contributed by atoms with E-state index in [9.17, 15) is 9.59 Å². The van der Waals surface area contributed by atoms with Crippen LogP contribution in [0, 0.1) is 0 Å². The second kappa shape index (κ2) is 9.82. The fourth-order valence-corrected chi connectivity index (χ4v) is 1.95. The molecule has 0 spiro atoms. The summed E-state index contributed by atoms with van der Waals surface area (Å²) in [6.07, 6.45) is 2.76. The van der Waals surface area contributed by atoms with Crippen molar-refractivity contribution in [2.24, 2.45) is 0 Å². The minimum Gasteiger partial charge on any atom is -0.497 e. The van der Waals surface area contributed by atoms with Crippen LogP contribution in [0.5, 0.6) is 5.75 Å². The van der Waals surface area contributed by atoms with Crippen molar-refractivity contribution >= 4 is 23.7 Å². The molecular weight excluding hydrogens is 338 g/mol. The van der Waals surface area contributed by atoms with Crippen molar-refractivity contribution in [1.82, 2.24) is 11.0 Å². The van der Waals surface area contributed by atoms with E-state index >= 15 is 0 Å². The minimum atomic E-state index is -0.607. The van der Waals surface area contributed by atoms with E-state index in [4.69, 9.17) is 14.8 Å². The molecule has 0 aliphatic carbocycles. The molecule has 0 unspecified atom stereocenters. The van der Waals surface area contributed by atoms with Crippen molar-refractivity contribution in [2.45, 2.75) is 6.61 Å². The highest BCUT2D eigenvalue weighted by Gasteiger charge is 2.02. The molecule has 0 fully saturated rings. The van der Waals surface area contributed by atoms with Gasteiger partial charge in [0.05, 0.1) is 13.7 Å². The van der Waals surface area contributed by atoms with E-state index in [2.05, 4.69) is 10.8 Å². The molecule has 0 saturated carbocycles. The van der Waals surface area contributed by atoms with Gasteiger partial charge in [-0.15, -0.1) is 0 Å². The lowest BCUT2D eigenvalue weighted by Crippen LogP contribution is -2.28. The van der Waals surface area contributed by atoms with Crippen LogP contribution in [0.2, 0.25) is 0 Å². The van der Waals surface area contributed by atoms with E-state index in [-0.39, 0.29) is 6.61 Å². The monoisotopic (exact) mass is 357 g/mol. The molecule has 0 bridgehead atoms. The zero-order chi connectivity index (χ0) is 18.8. The maximum Gasteiger partial charge on any atom is 0.343 e. The number of hydroxylamine groups is 2. The van der Waals surface area contributed by atoms with Gasteiger partial charge >= 0.3 is 6.03 Å². The fourth-order valence-electron chi connectivity index (χ4n) is 1.95. The quantitative estimate of drug-likeness (QED) is 0.346. The number of methoxy groups -OCH3 is 1. The summed E-state index contributed by atoms with van der Waals surface area (Å²) in [6.45, 7) is 0.178. The van der Waals surface area contributed by atoms with E-state index in [1.807, 2.05) is 0 Å². The summed E-state index contributed by atoms with van der Waals surface area (Å²) in [6, 6.07) is 13.5. The van der Waals surface area contributed by atoms with Gasteiger partial charge in [0.1, 0.15) is 5.75 Å². The van der Waals surface area contributed by atoms with Crippen LogP contribution in [-0.2, 0) is 16.2 Å². The van der Waals surface area contributed by atoms with Crippen molar-refractivity contribution in [2.75, 3.05) is 12.4 Å². The number of urea groups is 1. The van der Waals surface area contributed by atoms with Gasteiger partial charge in [-0.05, 0) is 41.5 Å². The van der Waals surface area contributed by atoms with E-state index in [1.165, 1.54) is 11.6 Å². The predicted octanol–water partition coefficient (Wildman–Crippen LogP) is 2.47. The van der Waals surface area contributed by atoms with Gasteiger partial charge in [0, 0.05) is 11.8 Å². The van der Waals surface area contributed by atoms with E-state index in [0.29, 0.717) is 11.4 Å². The molecule has 0 aliphatic rings. The standard InChI is InChI=1S/C18H19N3O5/c1-25-16-9-7-15(8-10-16)19-18(23)21-26-12-14-4-2-13(3-5-14)6-11-17(22)20-24/h2-11,24H,12H2,1H3,(H,20,22)(H2,19,21,23)/b11-6+. The average molecular weight is 357 g/mol. The van der Waals surface area contributed by atoms with Crippen molar-refractivity contribution in [3.63, 3.8) is 0 Å². The molecule has 0 atom stereocenters. The highest BCUT2D eigenvalue weighted by molar-refractivity contribution is 5.90. The van der Waals surface area contributed by atoms with Crippen molar-refractivity contribution < 1.29 is 24.4 Å². The molecule has 3 amide bonds. The van der Waals surface area contributed by atoms with Crippen LogP contribution >= 0.6 is 0 Å². The summed E-state index contributed by atoms with van der Waals surface area (Å²) in [5.74, 6) is 0.0898. The molecule has 8 heteroatoms. The lowest BCUT2D eigenvalue weighted by molar-refractivity contribution is -0.124. The Morgan fingerprint density at radius 1 is 1.08 bits per heavy atom. The van der Waals surface area contributed by atoms with Gasteiger partial charge in [-0.3, -0.25) is 14.8 Å². The normalized spacial score (nSPS) is 10.4. The van der Waals surface area contributed by atoms with Crippen LogP contribution in [0.25, 0.3) is 6.08 Å². The van der Waals surface area contributed by atoms with Crippen molar-refractivity contribution in [3.8, 4) is 5.75 Å². The number of carbonyl (C=O) groups is 2. The maximum absolute atomic E-state index is 11.7. The number of nitrogens with one attached hydrogen (secondary N) is 3. The van der Waals surface area contributed by atoms with Crippen molar-refractivity contribution in [3.05, 3.63) is 65.7 Å². The van der Waals surface area contributed by atoms with Gasteiger partial charge in [-0.25, -0.2) is 15.8 Å². The molecule has 0 aromatic heterocycles. The summed E-state index contributed by atoms with van der Waals surface area (Å²) < 4.78 is 5.04. The highest BCUT2D eigenvalue weighted by Crippen LogP contribution is 2.14. The van der Waals surface area contributed by atoms with Crippen LogP contribution < -0.4 is 21.0 Å². The fraction of sp³-hybridized carbons (Fsp3) is 0.111. The number of ether oxygens (including phenoxy) is 1. The topological polar surface area (TPSA) is 109 Å². The van der Waals surface area contributed by atoms with E-state index in [1.54, 1.807) is 61.7 Å². The number of amides is 3. The Labute approximate surface area is 150 Å². The molecule has 0 radical (unpaired) electrons. The number of anilines is 1. The molecule has 2 aromatic carbocycles. The molecule has 2 rings (SSSR count). The Morgan fingerprint density at radius 3 is 2.38 bits per heavy atom. The second-order valence-electron chi connectivity index (χ2n) is 5.12. The first-order valence-electron chi connectivity index (χ1n) is 7.64. The Bertz CT molecular complexity index is 757. The van der Waals surface area contributed by atoms with Crippen LogP contribution in [0.1, 0.15) is 11.1 Å². The summed E-state index contributed by atoms with van der Waals surface area (Å²) in [5.41, 5.74) is 6.02. The summed E-state index contributed by atoms with van der Waals surface area (Å²) in [4.78, 5) is 27.8.